The molecule has 1 aliphatic heterocycles. The molecule has 1 aliphatic rings. The third-order valence-electron chi connectivity index (χ3n) is 1.80. The third kappa shape index (κ3) is 4.69. The fourth-order valence-electron chi connectivity index (χ4n) is 1.08. The van der Waals surface area contributed by atoms with E-state index in [1.54, 1.807) is 12.4 Å². The summed E-state index contributed by atoms with van der Waals surface area (Å²) >= 11 is 0. The molecule has 4 nitrogen and oxygen atoms in total. The molecule has 0 bridgehead atoms. The number of nitrogens with one attached hydrogen (secondary N) is 2. The number of carbonyl (C=O) groups excluding carboxylic acids is 1. The quantitative estimate of drug-likeness (QED) is 0.608. The van der Waals surface area contributed by atoms with Crippen LogP contribution in [0.25, 0.3) is 0 Å². The molecule has 1 saturated heterocycles. The van der Waals surface area contributed by atoms with E-state index in [0.717, 1.165) is 25.9 Å². The van der Waals surface area contributed by atoms with Gasteiger partial charge in [-0.05, 0) is 12.1 Å². The van der Waals surface area contributed by atoms with Gasteiger partial charge in [0.1, 0.15) is 6.29 Å². The van der Waals surface area contributed by atoms with Gasteiger partial charge in [0.25, 0.3) is 0 Å². The molecule has 0 aromatic carbocycles. The van der Waals surface area contributed by atoms with Crippen LogP contribution >= 0.6 is 0 Å². The van der Waals surface area contributed by atoms with E-state index < -0.39 is 0 Å². The topological polar surface area (TPSA) is 54.0 Å². The molecule has 0 radical (unpaired) electrons. The van der Waals surface area contributed by atoms with Crippen LogP contribution in [0.1, 0.15) is 0 Å². The number of hydrogen-bond donors (Lipinski definition) is 2. The molecule has 14 heavy (non-hydrogen) atoms. The smallest absolute Gasteiger partial charge is 0.138 e. The molecular formula is C10H15N3O. The Hall–Kier alpha value is -1.26. The lowest BCUT2D eigenvalue weighted by Gasteiger charge is -2.18. The van der Waals surface area contributed by atoms with E-state index in [0.29, 0.717) is 0 Å². The highest BCUT2D eigenvalue weighted by atomic mass is 16.1. The zero-order valence-corrected chi connectivity index (χ0v) is 8.02. The lowest BCUT2D eigenvalue weighted by molar-refractivity contribution is -0.109. The fourth-order valence-corrected chi connectivity index (χ4v) is 1.08. The van der Waals surface area contributed by atoms with E-state index in [9.17, 15) is 4.79 Å². The lowest BCUT2D eigenvalue weighted by atomic mass is 10.3. The standard InChI is InChI=1S/C5H10N2O.C5H5N/c8-4-5-3-6-1-2-7-5;1-2-4-6-5-3-1/h4-7H,1-3H2;1-5H. The van der Waals surface area contributed by atoms with Crippen LogP contribution in [-0.2, 0) is 4.79 Å². The van der Waals surface area contributed by atoms with Gasteiger partial charge in [-0.2, -0.15) is 0 Å². The number of carbonyl (C=O) groups is 1. The molecule has 2 N–H and O–H groups in total. The van der Waals surface area contributed by atoms with Crippen molar-refractivity contribution in [2.75, 3.05) is 19.6 Å². The van der Waals surface area contributed by atoms with Crippen molar-refractivity contribution in [3.63, 3.8) is 0 Å². The first-order valence-electron chi connectivity index (χ1n) is 4.68. The summed E-state index contributed by atoms with van der Waals surface area (Å²) in [5.41, 5.74) is 0. The van der Waals surface area contributed by atoms with Crippen LogP contribution in [0.3, 0.4) is 0 Å². The van der Waals surface area contributed by atoms with E-state index in [1.807, 2.05) is 18.2 Å². The van der Waals surface area contributed by atoms with Crippen molar-refractivity contribution in [2.45, 2.75) is 6.04 Å². The van der Waals surface area contributed by atoms with E-state index in [-0.39, 0.29) is 6.04 Å². The van der Waals surface area contributed by atoms with Crippen molar-refractivity contribution >= 4 is 6.29 Å². The van der Waals surface area contributed by atoms with Crippen LogP contribution in [-0.4, -0.2) is 36.9 Å². The number of aldehydes is 1. The minimum absolute atomic E-state index is 0.0451. The van der Waals surface area contributed by atoms with Crippen molar-refractivity contribution in [2.24, 2.45) is 0 Å². The number of pyridine rings is 1. The van der Waals surface area contributed by atoms with Crippen molar-refractivity contribution in [1.82, 2.24) is 15.6 Å². The Kier molecular flexibility index (Phi) is 5.54. The van der Waals surface area contributed by atoms with Gasteiger partial charge in [-0.25, -0.2) is 0 Å². The summed E-state index contributed by atoms with van der Waals surface area (Å²) in [6.07, 6.45) is 4.44. The number of hydrogen-bond acceptors (Lipinski definition) is 4. The maximum atomic E-state index is 10.1. The minimum atomic E-state index is 0.0451. The Balaban J connectivity index is 0.000000146. The molecular weight excluding hydrogens is 178 g/mol. The minimum Gasteiger partial charge on any atom is -0.313 e. The maximum Gasteiger partial charge on any atom is 0.138 e. The summed E-state index contributed by atoms with van der Waals surface area (Å²) in [7, 11) is 0. The number of piperazine rings is 1. The summed E-state index contributed by atoms with van der Waals surface area (Å²) in [5.74, 6) is 0. The van der Waals surface area contributed by atoms with E-state index in [4.69, 9.17) is 0 Å². The molecule has 1 atom stereocenters. The second-order valence-electron chi connectivity index (χ2n) is 2.93. The molecule has 1 aromatic rings. The average molecular weight is 193 g/mol. The van der Waals surface area contributed by atoms with Gasteiger partial charge in [0.2, 0.25) is 0 Å². The largest absolute Gasteiger partial charge is 0.313 e. The normalized spacial score (nSPS) is 20.4. The van der Waals surface area contributed by atoms with Crippen LogP contribution in [0.4, 0.5) is 0 Å². The molecule has 0 amide bonds. The molecule has 1 aromatic heterocycles. The summed E-state index contributed by atoms with van der Waals surface area (Å²) in [6, 6.07) is 5.76. The van der Waals surface area contributed by atoms with Gasteiger partial charge >= 0.3 is 0 Å². The van der Waals surface area contributed by atoms with Crippen LogP contribution in [0, 0.1) is 0 Å². The van der Waals surface area contributed by atoms with Crippen molar-refractivity contribution in [1.29, 1.82) is 0 Å². The zero-order chi connectivity index (χ0) is 10.1. The molecule has 4 heteroatoms. The SMILES string of the molecule is O=CC1CNCCN1.c1ccncc1. The number of nitrogens with zero attached hydrogens (tertiary/aromatic N) is 1. The van der Waals surface area contributed by atoms with Gasteiger partial charge in [-0.1, -0.05) is 6.07 Å². The molecule has 0 saturated carbocycles. The Morgan fingerprint density at radius 2 is 2.00 bits per heavy atom. The number of rotatable bonds is 1. The molecule has 0 aliphatic carbocycles. The van der Waals surface area contributed by atoms with Gasteiger partial charge in [0, 0.05) is 32.0 Å². The maximum absolute atomic E-state index is 10.1. The predicted molar refractivity (Wildman–Crippen MR) is 55.0 cm³/mol. The van der Waals surface area contributed by atoms with Crippen molar-refractivity contribution in [3.8, 4) is 0 Å². The molecule has 76 valence electrons. The third-order valence-corrected chi connectivity index (χ3v) is 1.80. The highest BCUT2D eigenvalue weighted by Gasteiger charge is 2.08. The Morgan fingerprint density at radius 1 is 1.21 bits per heavy atom. The molecule has 1 fully saturated rings. The average Bonchev–Trinajstić information content (AvgIpc) is 2.33. The lowest BCUT2D eigenvalue weighted by Crippen LogP contribution is -2.48. The summed E-state index contributed by atoms with van der Waals surface area (Å²) in [5, 5.41) is 6.13. The first kappa shape index (κ1) is 10.8. The Bertz CT molecular complexity index is 208. The van der Waals surface area contributed by atoms with Crippen LogP contribution in [0.15, 0.2) is 30.6 Å². The van der Waals surface area contributed by atoms with E-state index >= 15 is 0 Å². The first-order chi connectivity index (χ1) is 6.93. The summed E-state index contributed by atoms with van der Waals surface area (Å²) < 4.78 is 0. The highest BCUT2D eigenvalue weighted by Crippen LogP contribution is 1.79. The summed E-state index contributed by atoms with van der Waals surface area (Å²) in [4.78, 5) is 13.8. The first-order valence-corrected chi connectivity index (χ1v) is 4.68. The van der Waals surface area contributed by atoms with Crippen LogP contribution in [0.2, 0.25) is 0 Å². The van der Waals surface area contributed by atoms with Crippen molar-refractivity contribution < 1.29 is 4.79 Å². The van der Waals surface area contributed by atoms with Crippen molar-refractivity contribution in [3.05, 3.63) is 30.6 Å². The highest BCUT2D eigenvalue weighted by molar-refractivity contribution is 5.58. The van der Waals surface area contributed by atoms with Gasteiger partial charge in [0.05, 0.1) is 6.04 Å². The van der Waals surface area contributed by atoms with Gasteiger partial charge in [0.15, 0.2) is 0 Å². The molecule has 0 spiro atoms. The Labute approximate surface area is 83.7 Å². The van der Waals surface area contributed by atoms with Crippen LogP contribution < -0.4 is 10.6 Å². The second-order valence-corrected chi connectivity index (χ2v) is 2.93. The Morgan fingerprint density at radius 3 is 2.29 bits per heavy atom. The number of aromatic nitrogens is 1. The monoisotopic (exact) mass is 193 g/mol. The molecule has 2 rings (SSSR count). The molecule has 2 heterocycles. The van der Waals surface area contributed by atoms with Gasteiger partial charge in [-0.3, -0.25) is 4.98 Å². The van der Waals surface area contributed by atoms with E-state index in [1.165, 1.54) is 0 Å². The van der Waals surface area contributed by atoms with Gasteiger partial charge < -0.3 is 15.4 Å². The molecule has 1 unspecified atom stereocenters. The second kappa shape index (κ2) is 7.17. The summed E-state index contributed by atoms with van der Waals surface area (Å²) in [6.45, 7) is 2.66. The van der Waals surface area contributed by atoms with E-state index in [2.05, 4.69) is 15.6 Å². The fraction of sp³-hybridized carbons (Fsp3) is 0.400. The zero-order valence-electron chi connectivity index (χ0n) is 8.02. The van der Waals surface area contributed by atoms with Crippen LogP contribution in [0.5, 0.6) is 0 Å². The predicted octanol–water partition coefficient (Wildman–Crippen LogP) is -0.172. The van der Waals surface area contributed by atoms with Gasteiger partial charge in [-0.15, -0.1) is 0 Å².